The number of aliphatic hydroxyl groups is 1. The van der Waals surface area contributed by atoms with Crippen LogP contribution in [0.2, 0.25) is 0 Å². The Morgan fingerprint density at radius 3 is 2.05 bits per heavy atom. The van der Waals surface area contributed by atoms with Crippen LogP contribution in [0.1, 0.15) is 49.7 Å². The highest BCUT2D eigenvalue weighted by Crippen LogP contribution is 2.46. The first-order valence-corrected chi connectivity index (χ1v) is 7.71. The van der Waals surface area contributed by atoms with Gasteiger partial charge in [-0.3, -0.25) is 4.90 Å². The maximum absolute atomic E-state index is 9.06. The number of piperidine rings is 1. The maximum atomic E-state index is 9.06. The van der Waals surface area contributed by atoms with Crippen LogP contribution < -0.4 is 0 Å². The van der Waals surface area contributed by atoms with Crippen molar-refractivity contribution >= 4 is 0 Å². The molecule has 1 aliphatic heterocycles. The monoisotopic (exact) mass is 259 g/mol. The molecule has 3 rings (SSSR count). The van der Waals surface area contributed by atoms with Crippen LogP contribution in [0.5, 0.6) is 0 Å². The van der Waals surface area contributed by atoms with E-state index in [-0.39, 0.29) is 6.61 Å². The third-order valence-corrected chi connectivity index (χ3v) is 5.19. The van der Waals surface area contributed by atoms with Gasteiger partial charge in [0, 0.05) is 6.54 Å². The van der Waals surface area contributed by atoms with E-state index in [2.05, 4.69) is 17.0 Å². The van der Waals surface area contributed by atoms with E-state index in [4.69, 9.17) is 5.11 Å². The summed E-state index contributed by atoms with van der Waals surface area (Å²) in [6, 6.07) is 8.40. The van der Waals surface area contributed by atoms with Gasteiger partial charge >= 0.3 is 0 Å². The molecule has 1 aliphatic carbocycles. The minimum absolute atomic E-state index is 0.145. The predicted octanol–water partition coefficient (Wildman–Crippen LogP) is 3.34. The molecule has 1 aromatic rings. The molecule has 2 nitrogen and oxygen atoms in total. The van der Waals surface area contributed by atoms with Gasteiger partial charge in [0.05, 0.1) is 6.61 Å². The van der Waals surface area contributed by atoms with Gasteiger partial charge in [-0.05, 0) is 55.3 Å². The molecule has 0 bridgehead atoms. The van der Waals surface area contributed by atoms with Crippen LogP contribution in [0.4, 0.5) is 0 Å². The predicted molar refractivity (Wildman–Crippen MR) is 77.8 cm³/mol. The van der Waals surface area contributed by atoms with E-state index in [1.165, 1.54) is 57.2 Å². The van der Waals surface area contributed by atoms with Gasteiger partial charge < -0.3 is 5.11 Å². The van der Waals surface area contributed by atoms with Crippen LogP contribution in [0.15, 0.2) is 24.3 Å². The maximum Gasteiger partial charge on any atom is 0.0681 e. The number of rotatable bonds is 3. The van der Waals surface area contributed by atoms with Gasteiger partial charge in [-0.1, -0.05) is 37.1 Å². The smallest absolute Gasteiger partial charge is 0.0681 e. The van der Waals surface area contributed by atoms with Gasteiger partial charge in [-0.25, -0.2) is 0 Å². The summed E-state index contributed by atoms with van der Waals surface area (Å²) in [4.78, 5) is 2.59. The van der Waals surface area contributed by atoms with Crippen molar-refractivity contribution in [2.75, 3.05) is 13.1 Å². The summed E-state index contributed by atoms with van der Waals surface area (Å²) in [5.41, 5.74) is 3.10. The second-order valence-electron chi connectivity index (χ2n) is 6.46. The van der Waals surface area contributed by atoms with Gasteiger partial charge in [0.15, 0.2) is 0 Å². The Kier molecular flexibility index (Phi) is 3.90. The SMILES string of the molecule is OCc1ccc(CN2CCC3(CCCC3)CC2)cc1. The molecule has 2 fully saturated rings. The number of benzene rings is 1. The van der Waals surface area contributed by atoms with Gasteiger partial charge in [0.1, 0.15) is 0 Å². The van der Waals surface area contributed by atoms with E-state index < -0.39 is 0 Å². The van der Waals surface area contributed by atoms with Crippen molar-refractivity contribution in [3.63, 3.8) is 0 Å². The summed E-state index contributed by atoms with van der Waals surface area (Å²) in [6.45, 7) is 3.75. The lowest BCUT2D eigenvalue weighted by molar-refractivity contribution is 0.103. The van der Waals surface area contributed by atoms with Crippen LogP contribution in [0.3, 0.4) is 0 Å². The minimum Gasteiger partial charge on any atom is -0.392 e. The van der Waals surface area contributed by atoms with Crippen molar-refractivity contribution in [2.45, 2.75) is 51.7 Å². The molecule has 0 unspecified atom stereocenters. The molecule has 1 spiro atoms. The summed E-state index contributed by atoms with van der Waals surface area (Å²) in [7, 11) is 0. The molecular weight excluding hydrogens is 234 g/mol. The third kappa shape index (κ3) is 3.01. The molecule has 1 saturated heterocycles. The van der Waals surface area contributed by atoms with Crippen LogP contribution in [0, 0.1) is 5.41 Å². The molecule has 0 aromatic heterocycles. The second kappa shape index (κ2) is 5.64. The Balaban J connectivity index is 1.53. The van der Waals surface area contributed by atoms with Crippen molar-refractivity contribution < 1.29 is 5.11 Å². The quantitative estimate of drug-likeness (QED) is 0.900. The number of hydrogen-bond acceptors (Lipinski definition) is 2. The fourth-order valence-corrected chi connectivity index (χ4v) is 3.82. The van der Waals surface area contributed by atoms with Crippen LogP contribution >= 0.6 is 0 Å². The zero-order valence-electron chi connectivity index (χ0n) is 11.8. The second-order valence-corrected chi connectivity index (χ2v) is 6.46. The topological polar surface area (TPSA) is 23.5 Å². The Morgan fingerprint density at radius 2 is 1.47 bits per heavy atom. The Morgan fingerprint density at radius 1 is 0.895 bits per heavy atom. The normalized spacial score (nSPS) is 23.0. The molecule has 0 radical (unpaired) electrons. The highest BCUT2D eigenvalue weighted by atomic mass is 16.3. The highest BCUT2D eigenvalue weighted by molar-refractivity contribution is 5.22. The van der Waals surface area contributed by atoms with Crippen LogP contribution in [-0.4, -0.2) is 23.1 Å². The van der Waals surface area contributed by atoms with E-state index in [1.807, 2.05) is 12.1 Å². The van der Waals surface area contributed by atoms with E-state index >= 15 is 0 Å². The fraction of sp³-hybridized carbons (Fsp3) is 0.647. The first-order chi connectivity index (χ1) is 9.30. The molecule has 19 heavy (non-hydrogen) atoms. The average Bonchev–Trinajstić information content (AvgIpc) is 2.91. The van der Waals surface area contributed by atoms with Crippen molar-refractivity contribution in [3.8, 4) is 0 Å². The molecule has 0 atom stereocenters. The minimum atomic E-state index is 0.145. The fourth-order valence-electron chi connectivity index (χ4n) is 3.82. The number of aliphatic hydroxyl groups excluding tert-OH is 1. The van der Waals surface area contributed by atoms with Gasteiger partial charge in [-0.15, -0.1) is 0 Å². The number of nitrogens with zero attached hydrogens (tertiary/aromatic N) is 1. The molecule has 104 valence electrons. The summed E-state index contributed by atoms with van der Waals surface area (Å²) in [5, 5.41) is 9.06. The third-order valence-electron chi connectivity index (χ3n) is 5.19. The van der Waals surface area contributed by atoms with E-state index in [1.54, 1.807) is 0 Å². The average molecular weight is 259 g/mol. The van der Waals surface area contributed by atoms with Gasteiger partial charge in [0.25, 0.3) is 0 Å². The Bertz CT molecular complexity index is 396. The highest BCUT2D eigenvalue weighted by Gasteiger charge is 2.36. The zero-order valence-corrected chi connectivity index (χ0v) is 11.8. The summed E-state index contributed by atoms with van der Waals surface area (Å²) in [6.07, 6.45) is 8.69. The number of hydrogen-bond donors (Lipinski definition) is 1. The first kappa shape index (κ1) is 13.1. The zero-order chi connectivity index (χ0) is 13.1. The standard InChI is InChI=1S/C17H25NO/c19-14-16-5-3-15(4-6-16)13-18-11-9-17(10-12-18)7-1-2-8-17/h3-6,19H,1-2,7-14H2. The molecule has 1 saturated carbocycles. The Hall–Kier alpha value is -0.860. The summed E-state index contributed by atoms with van der Waals surface area (Å²) >= 11 is 0. The van der Waals surface area contributed by atoms with Crippen molar-refractivity contribution in [3.05, 3.63) is 35.4 Å². The largest absolute Gasteiger partial charge is 0.392 e. The molecule has 2 aliphatic rings. The number of likely N-dealkylation sites (tertiary alicyclic amines) is 1. The molecule has 1 aromatic carbocycles. The molecular formula is C17H25NO. The van der Waals surface area contributed by atoms with Gasteiger partial charge in [-0.2, -0.15) is 0 Å². The summed E-state index contributed by atoms with van der Waals surface area (Å²) in [5.74, 6) is 0. The Labute approximate surface area is 116 Å². The van der Waals surface area contributed by atoms with Crippen LogP contribution in [-0.2, 0) is 13.2 Å². The lowest BCUT2D eigenvalue weighted by Gasteiger charge is -2.39. The van der Waals surface area contributed by atoms with Crippen molar-refractivity contribution in [2.24, 2.45) is 5.41 Å². The van der Waals surface area contributed by atoms with Crippen LogP contribution in [0.25, 0.3) is 0 Å². The molecule has 1 N–H and O–H groups in total. The van der Waals surface area contributed by atoms with E-state index in [9.17, 15) is 0 Å². The molecule has 2 heteroatoms. The van der Waals surface area contributed by atoms with Crippen molar-refractivity contribution in [1.29, 1.82) is 0 Å². The van der Waals surface area contributed by atoms with Crippen molar-refractivity contribution in [1.82, 2.24) is 4.90 Å². The molecule has 0 amide bonds. The van der Waals surface area contributed by atoms with E-state index in [0.717, 1.165) is 17.5 Å². The van der Waals surface area contributed by atoms with Gasteiger partial charge in [0.2, 0.25) is 0 Å². The lowest BCUT2D eigenvalue weighted by atomic mass is 9.77. The molecule has 1 heterocycles. The van der Waals surface area contributed by atoms with E-state index in [0.29, 0.717) is 0 Å². The summed E-state index contributed by atoms with van der Waals surface area (Å²) < 4.78 is 0. The lowest BCUT2D eigenvalue weighted by Crippen LogP contribution is -2.38. The first-order valence-electron chi connectivity index (χ1n) is 7.71.